The van der Waals surface area contributed by atoms with E-state index in [1.807, 2.05) is 30.3 Å². The van der Waals surface area contributed by atoms with Crippen molar-refractivity contribution in [3.8, 4) is 0 Å². The van der Waals surface area contributed by atoms with Crippen LogP contribution in [0.15, 0.2) is 36.4 Å². The third kappa shape index (κ3) is 3.91. The SMILES string of the molecule is CS(=O)(=O)NC[C@H]1CCCCN1C(=O)c1ccc2ccccc2n1. The number of aromatic nitrogens is 1. The van der Waals surface area contributed by atoms with Gasteiger partial charge in [-0.2, -0.15) is 0 Å². The predicted octanol–water partition coefficient (Wildman–Crippen LogP) is 1.78. The van der Waals surface area contributed by atoms with Crippen LogP contribution in [0.25, 0.3) is 10.9 Å². The maximum absolute atomic E-state index is 12.9. The maximum atomic E-state index is 12.9. The molecule has 0 saturated carbocycles. The normalized spacial score (nSPS) is 18.7. The van der Waals surface area contributed by atoms with Gasteiger partial charge in [0.15, 0.2) is 0 Å². The Morgan fingerprint density at radius 3 is 2.83 bits per heavy atom. The number of fused-ring (bicyclic) bond motifs is 1. The molecule has 1 saturated heterocycles. The zero-order chi connectivity index (χ0) is 17.2. The molecule has 24 heavy (non-hydrogen) atoms. The van der Waals surface area contributed by atoms with Crippen LogP contribution in [0, 0.1) is 0 Å². The maximum Gasteiger partial charge on any atom is 0.272 e. The quantitative estimate of drug-likeness (QED) is 0.914. The number of amides is 1. The average molecular weight is 347 g/mol. The van der Waals surface area contributed by atoms with Crippen molar-refractivity contribution in [3.05, 3.63) is 42.1 Å². The van der Waals surface area contributed by atoms with Crippen LogP contribution in [0.4, 0.5) is 0 Å². The van der Waals surface area contributed by atoms with Crippen molar-refractivity contribution in [3.63, 3.8) is 0 Å². The molecule has 1 aliphatic rings. The fourth-order valence-electron chi connectivity index (χ4n) is 3.06. The highest BCUT2D eigenvalue weighted by Crippen LogP contribution is 2.20. The second kappa shape index (κ2) is 6.86. The molecule has 2 heterocycles. The van der Waals surface area contributed by atoms with E-state index in [9.17, 15) is 13.2 Å². The lowest BCUT2D eigenvalue weighted by Gasteiger charge is -2.35. The monoisotopic (exact) mass is 347 g/mol. The number of nitrogens with one attached hydrogen (secondary N) is 1. The first-order valence-electron chi connectivity index (χ1n) is 8.05. The van der Waals surface area contributed by atoms with E-state index in [0.717, 1.165) is 36.4 Å². The highest BCUT2D eigenvalue weighted by molar-refractivity contribution is 7.88. The number of hydrogen-bond acceptors (Lipinski definition) is 4. The number of carbonyl (C=O) groups excluding carboxylic acids is 1. The fourth-order valence-corrected chi connectivity index (χ4v) is 3.56. The summed E-state index contributed by atoms with van der Waals surface area (Å²) in [5, 5.41) is 0.989. The van der Waals surface area contributed by atoms with Gasteiger partial charge in [-0.3, -0.25) is 4.79 Å². The Labute approximate surface area is 141 Å². The molecule has 0 radical (unpaired) electrons. The molecule has 1 fully saturated rings. The number of piperidine rings is 1. The number of rotatable bonds is 4. The minimum Gasteiger partial charge on any atom is -0.333 e. The lowest BCUT2D eigenvalue weighted by molar-refractivity contribution is 0.0613. The number of nitrogens with zero attached hydrogens (tertiary/aromatic N) is 2. The largest absolute Gasteiger partial charge is 0.333 e. The third-order valence-electron chi connectivity index (χ3n) is 4.29. The summed E-state index contributed by atoms with van der Waals surface area (Å²) in [7, 11) is -3.27. The van der Waals surface area contributed by atoms with Gasteiger partial charge in [-0.1, -0.05) is 24.3 Å². The summed E-state index contributed by atoms with van der Waals surface area (Å²) in [6.45, 7) is 0.877. The Morgan fingerprint density at radius 2 is 2.04 bits per heavy atom. The summed E-state index contributed by atoms with van der Waals surface area (Å²) in [5.41, 5.74) is 1.19. The van der Waals surface area contributed by atoms with Gasteiger partial charge < -0.3 is 4.90 Å². The molecule has 1 aromatic carbocycles. The molecule has 1 atom stereocenters. The van der Waals surface area contributed by atoms with Crippen LogP contribution >= 0.6 is 0 Å². The number of sulfonamides is 1. The highest BCUT2D eigenvalue weighted by atomic mass is 32.2. The molecule has 7 heteroatoms. The zero-order valence-electron chi connectivity index (χ0n) is 13.6. The van der Waals surface area contributed by atoms with Crippen molar-refractivity contribution in [2.24, 2.45) is 0 Å². The van der Waals surface area contributed by atoms with Crippen LogP contribution in [0.1, 0.15) is 29.8 Å². The summed E-state index contributed by atoms with van der Waals surface area (Å²) in [5.74, 6) is -0.138. The van der Waals surface area contributed by atoms with E-state index in [1.165, 1.54) is 0 Å². The van der Waals surface area contributed by atoms with Gasteiger partial charge >= 0.3 is 0 Å². The van der Waals surface area contributed by atoms with Gasteiger partial charge in [0, 0.05) is 24.5 Å². The standard InChI is InChI=1S/C17H21N3O3S/c1-24(22,23)18-12-14-7-4-5-11-20(14)17(21)16-10-9-13-6-2-3-8-15(13)19-16/h2-3,6,8-10,14,18H,4-5,7,11-12H2,1H3/t14-/m1/s1. The van der Waals surface area contributed by atoms with Crippen molar-refractivity contribution >= 4 is 26.8 Å². The lowest BCUT2D eigenvalue weighted by Crippen LogP contribution is -2.49. The van der Waals surface area contributed by atoms with E-state index in [-0.39, 0.29) is 18.5 Å². The first-order chi connectivity index (χ1) is 11.4. The summed E-state index contributed by atoms with van der Waals surface area (Å²) >= 11 is 0. The number of likely N-dealkylation sites (tertiary alicyclic amines) is 1. The number of hydrogen-bond donors (Lipinski definition) is 1. The molecule has 1 aliphatic heterocycles. The average Bonchev–Trinajstić information content (AvgIpc) is 2.58. The minimum absolute atomic E-state index is 0.130. The Morgan fingerprint density at radius 1 is 1.25 bits per heavy atom. The van der Waals surface area contributed by atoms with Crippen molar-refractivity contribution in [1.29, 1.82) is 0 Å². The molecular formula is C17H21N3O3S. The van der Waals surface area contributed by atoms with Gasteiger partial charge in [-0.25, -0.2) is 18.1 Å². The molecule has 1 aromatic heterocycles. The molecule has 0 unspecified atom stereocenters. The molecule has 1 amide bonds. The van der Waals surface area contributed by atoms with Gasteiger partial charge in [0.2, 0.25) is 10.0 Å². The molecule has 0 aliphatic carbocycles. The van der Waals surface area contributed by atoms with Crippen LogP contribution in [0.5, 0.6) is 0 Å². The summed E-state index contributed by atoms with van der Waals surface area (Å²) in [6, 6.07) is 11.2. The van der Waals surface area contributed by atoms with Gasteiger partial charge in [0.05, 0.1) is 11.8 Å². The topological polar surface area (TPSA) is 79.4 Å². The summed E-state index contributed by atoms with van der Waals surface area (Å²) < 4.78 is 25.2. The van der Waals surface area contributed by atoms with E-state index >= 15 is 0 Å². The van der Waals surface area contributed by atoms with Crippen LogP contribution < -0.4 is 4.72 Å². The van der Waals surface area contributed by atoms with Crippen molar-refractivity contribution in [1.82, 2.24) is 14.6 Å². The summed E-state index contributed by atoms with van der Waals surface area (Å²) in [4.78, 5) is 19.1. The van der Waals surface area contributed by atoms with Gasteiger partial charge in [-0.15, -0.1) is 0 Å². The second-order valence-corrected chi connectivity index (χ2v) is 7.99. The lowest BCUT2D eigenvalue weighted by atomic mass is 10.0. The smallest absolute Gasteiger partial charge is 0.272 e. The highest BCUT2D eigenvalue weighted by Gasteiger charge is 2.28. The van der Waals surface area contributed by atoms with E-state index in [4.69, 9.17) is 0 Å². The molecule has 6 nitrogen and oxygen atoms in total. The Balaban J connectivity index is 1.82. The molecule has 0 spiro atoms. The number of benzene rings is 1. The van der Waals surface area contributed by atoms with Gasteiger partial charge in [0.25, 0.3) is 5.91 Å². The Kier molecular flexibility index (Phi) is 4.82. The molecule has 1 N–H and O–H groups in total. The van der Waals surface area contributed by atoms with Crippen LogP contribution in [-0.4, -0.2) is 49.6 Å². The summed E-state index contributed by atoms with van der Waals surface area (Å²) in [6.07, 6.45) is 3.84. The third-order valence-corrected chi connectivity index (χ3v) is 4.98. The first kappa shape index (κ1) is 16.9. The predicted molar refractivity (Wildman–Crippen MR) is 93.3 cm³/mol. The second-order valence-electron chi connectivity index (χ2n) is 6.16. The van der Waals surface area contributed by atoms with Crippen LogP contribution in [-0.2, 0) is 10.0 Å². The number of carbonyl (C=O) groups is 1. The van der Waals surface area contributed by atoms with Crippen molar-refractivity contribution in [2.45, 2.75) is 25.3 Å². The van der Waals surface area contributed by atoms with Crippen LogP contribution in [0.2, 0.25) is 0 Å². The Bertz CT molecular complexity index is 851. The molecule has 0 bridgehead atoms. The Hall–Kier alpha value is -1.99. The van der Waals surface area contributed by atoms with Crippen molar-refractivity contribution in [2.75, 3.05) is 19.3 Å². The van der Waals surface area contributed by atoms with Gasteiger partial charge in [0.1, 0.15) is 5.69 Å². The number of para-hydroxylation sites is 1. The molecule has 3 rings (SSSR count). The van der Waals surface area contributed by atoms with Gasteiger partial charge in [-0.05, 0) is 31.4 Å². The van der Waals surface area contributed by atoms with E-state index in [2.05, 4.69) is 9.71 Å². The van der Waals surface area contributed by atoms with E-state index in [0.29, 0.717) is 12.2 Å². The fraction of sp³-hybridized carbons (Fsp3) is 0.412. The zero-order valence-corrected chi connectivity index (χ0v) is 14.4. The number of pyridine rings is 1. The molecule has 128 valence electrons. The van der Waals surface area contributed by atoms with E-state index in [1.54, 1.807) is 11.0 Å². The molecule has 2 aromatic rings. The minimum atomic E-state index is -3.27. The van der Waals surface area contributed by atoms with Crippen LogP contribution in [0.3, 0.4) is 0 Å². The van der Waals surface area contributed by atoms with E-state index < -0.39 is 10.0 Å². The molecular weight excluding hydrogens is 326 g/mol. The van der Waals surface area contributed by atoms with Crippen molar-refractivity contribution < 1.29 is 13.2 Å². The first-order valence-corrected chi connectivity index (χ1v) is 9.94.